The first-order valence-electron chi connectivity index (χ1n) is 6.14. The molecule has 102 valence electrons. The lowest BCUT2D eigenvalue weighted by Crippen LogP contribution is -2.38. The fourth-order valence-electron chi connectivity index (χ4n) is 2.75. The van der Waals surface area contributed by atoms with E-state index in [1.165, 1.54) is 4.90 Å². The normalized spacial score (nSPS) is 25.2. The van der Waals surface area contributed by atoms with Crippen LogP contribution >= 0.6 is 0 Å². The fourth-order valence-corrected chi connectivity index (χ4v) is 2.75. The molecule has 1 saturated heterocycles. The number of nitrogens with zero attached hydrogens (tertiary/aromatic N) is 1. The predicted octanol–water partition coefficient (Wildman–Crippen LogP) is 2.87. The minimum Gasteiger partial charge on any atom is -0.335 e. The van der Waals surface area contributed by atoms with Crippen LogP contribution in [0.25, 0.3) is 0 Å². The van der Waals surface area contributed by atoms with Crippen molar-refractivity contribution in [2.45, 2.75) is 25.3 Å². The zero-order chi connectivity index (χ0) is 13.7. The van der Waals surface area contributed by atoms with E-state index in [9.17, 15) is 22.4 Å². The average Bonchev–Trinajstić information content (AvgIpc) is 3.18. The van der Waals surface area contributed by atoms with Gasteiger partial charge in [-0.25, -0.2) is 17.6 Å². The molecule has 1 heterocycles. The second-order valence-electron chi connectivity index (χ2n) is 5.05. The quantitative estimate of drug-likeness (QED) is 0.438. The van der Waals surface area contributed by atoms with E-state index in [0.29, 0.717) is 18.5 Å². The lowest BCUT2D eigenvalue weighted by atomic mass is 10.1. The molecule has 0 radical (unpaired) electrons. The molecule has 0 bridgehead atoms. The lowest BCUT2D eigenvalue weighted by molar-refractivity contribution is 0.0699. The van der Waals surface area contributed by atoms with Gasteiger partial charge in [-0.15, -0.1) is 0 Å². The summed E-state index contributed by atoms with van der Waals surface area (Å²) in [5, 5.41) is 0. The summed E-state index contributed by atoms with van der Waals surface area (Å²) in [5.41, 5.74) is -0.732. The first-order valence-corrected chi connectivity index (χ1v) is 6.14. The van der Waals surface area contributed by atoms with Gasteiger partial charge in [0.2, 0.25) is 0 Å². The molecule has 0 aromatic heterocycles. The molecule has 2 nitrogen and oxygen atoms in total. The van der Waals surface area contributed by atoms with Gasteiger partial charge in [0.05, 0.1) is 5.56 Å². The molecular weight excluding hydrogens is 262 g/mol. The van der Waals surface area contributed by atoms with E-state index < -0.39 is 34.7 Å². The van der Waals surface area contributed by atoms with Crippen molar-refractivity contribution in [2.75, 3.05) is 6.54 Å². The average molecular weight is 273 g/mol. The van der Waals surface area contributed by atoms with Crippen LogP contribution in [0.2, 0.25) is 0 Å². The molecule has 2 fully saturated rings. The number of halogens is 4. The van der Waals surface area contributed by atoms with E-state index in [0.717, 1.165) is 19.3 Å². The van der Waals surface area contributed by atoms with Crippen LogP contribution in [0, 0.1) is 29.2 Å². The molecule has 1 aliphatic carbocycles. The highest BCUT2D eigenvalue weighted by atomic mass is 19.2. The van der Waals surface area contributed by atoms with E-state index >= 15 is 0 Å². The number of carbonyl (C=O) groups excluding carboxylic acids is 1. The smallest absolute Gasteiger partial charge is 0.257 e. The molecule has 0 spiro atoms. The van der Waals surface area contributed by atoms with Gasteiger partial charge in [0.25, 0.3) is 5.91 Å². The van der Waals surface area contributed by atoms with Gasteiger partial charge in [-0.1, -0.05) is 0 Å². The second kappa shape index (κ2) is 4.21. The SMILES string of the molecule is O=C(c1cc(F)c(F)c(F)c1F)N1CCC[C@@H]2C[C@@H]21. The molecule has 19 heavy (non-hydrogen) atoms. The minimum atomic E-state index is -1.94. The highest BCUT2D eigenvalue weighted by molar-refractivity contribution is 5.95. The summed E-state index contributed by atoms with van der Waals surface area (Å²) in [6.45, 7) is 0.444. The number of fused-ring (bicyclic) bond motifs is 1. The maximum atomic E-state index is 13.6. The summed E-state index contributed by atoms with van der Waals surface area (Å²) < 4.78 is 52.6. The van der Waals surface area contributed by atoms with Crippen molar-refractivity contribution in [2.24, 2.45) is 5.92 Å². The molecule has 3 rings (SSSR count). The Labute approximate surface area is 107 Å². The second-order valence-corrected chi connectivity index (χ2v) is 5.05. The number of piperidine rings is 1. The van der Waals surface area contributed by atoms with E-state index in [1.807, 2.05) is 0 Å². The lowest BCUT2D eigenvalue weighted by Gasteiger charge is -2.27. The number of amides is 1. The van der Waals surface area contributed by atoms with Crippen LogP contribution in [-0.4, -0.2) is 23.4 Å². The first-order chi connectivity index (χ1) is 9.00. The van der Waals surface area contributed by atoms with Crippen LogP contribution < -0.4 is 0 Å². The fraction of sp³-hybridized carbons (Fsp3) is 0.462. The van der Waals surface area contributed by atoms with Gasteiger partial charge >= 0.3 is 0 Å². The minimum absolute atomic E-state index is 0.0387. The van der Waals surface area contributed by atoms with Gasteiger partial charge in [-0.3, -0.25) is 4.79 Å². The predicted molar refractivity (Wildman–Crippen MR) is 58.4 cm³/mol. The third kappa shape index (κ3) is 1.89. The maximum absolute atomic E-state index is 13.6. The van der Waals surface area contributed by atoms with E-state index in [2.05, 4.69) is 0 Å². The van der Waals surface area contributed by atoms with Gasteiger partial charge < -0.3 is 4.90 Å². The summed E-state index contributed by atoms with van der Waals surface area (Å²) >= 11 is 0. The van der Waals surface area contributed by atoms with Crippen LogP contribution in [0.4, 0.5) is 17.6 Å². The molecule has 2 atom stereocenters. The van der Waals surface area contributed by atoms with Crippen molar-refractivity contribution in [1.82, 2.24) is 4.90 Å². The van der Waals surface area contributed by atoms with Crippen LogP contribution in [0.1, 0.15) is 29.6 Å². The Kier molecular flexibility index (Phi) is 2.76. The van der Waals surface area contributed by atoms with Crippen molar-refractivity contribution in [3.63, 3.8) is 0 Å². The Morgan fingerprint density at radius 3 is 2.63 bits per heavy atom. The van der Waals surface area contributed by atoms with Crippen molar-refractivity contribution in [3.05, 3.63) is 34.9 Å². The van der Waals surface area contributed by atoms with Gasteiger partial charge in [-0.05, 0) is 31.2 Å². The summed E-state index contributed by atoms with van der Waals surface area (Å²) in [5.74, 6) is -7.35. The number of benzene rings is 1. The molecule has 1 aromatic carbocycles. The standard InChI is InChI=1S/C13H11F4NO/c14-8-5-7(10(15)12(17)11(8)16)13(19)18-3-1-2-6-4-9(6)18/h5-6,9H,1-4H2/t6-,9+/m1/s1. The number of hydrogen-bond donors (Lipinski definition) is 0. The highest BCUT2D eigenvalue weighted by Gasteiger charge is 2.46. The van der Waals surface area contributed by atoms with Gasteiger partial charge in [-0.2, -0.15) is 0 Å². The number of hydrogen-bond acceptors (Lipinski definition) is 1. The Morgan fingerprint density at radius 1 is 1.16 bits per heavy atom. The molecule has 1 amide bonds. The van der Waals surface area contributed by atoms with Gasteiger partial charge in [0, 0.05) is 12.6 Å². The Hall–Kier alpha value is -1.59. The van der Waals surface area contributed by atoms with Crippen LogP contribution in [0.15, 0.2) is 6.07 Å². The summed E-state index contributed by atoms with van der Waals surface area (Å²) in [6, 6.07) is 0.471. The topological polar surface area (TPSA) is 20.3 Å². The van der Waals surface area contributed by atoms with Crippen LogP contribution in [0.5, 0.6) is 0 Å². The monoisotopic (exact) mass is 273 g/mol. The maximum Gasteiger partial charge on any atom is 0.257 e. The summed E-state index contributed by atoms with van der Waals surface area (Å²) in [4.78, 5) is 13.5. The first kappa shape index (κ1) is 12.4. The third-order valence-corrected chi connectivity index (χ3v) is 3.85. The van der Waals surface area contributed by atoms with Crippen molar-refractivity contribution in [1.29, 1.82) is 0 Å². The van der Waals surface area contributed by atoms with E-state index in [1.54, 1.807) is 0 Å². The zero-order valence-electron chi connectivity index (χ0n) is 9.93. The molecule has 1 aromatic rings. The number of rotatable bonds is 1. The van der Waals surface area contributed by atoms with Crippen molar-refractivity contribution in [3.8, 4) is 0 Å². The molecular formula is C13H11F4NO. The molecule has 0 N–H and O–H groups in total. The van der Waals surface area contributed by atoms with E-state index in [-0.39, 0.29) is 6.04 Å². The van der Waals surface area contributed by atoms with Crippen LogP contribution in [-0.2, 0) is 0 Å². The summed E-state index contributed by atoms with van der Waals surface area (Å²) in [6.07, 6.45) is 2.66. The Morgan fingerprint density at radius 2 is 1.89 bits per heavy atom. The molecule has 6 heteroatoms. The Bertz CT molecular complexity index is 560. The number of likely N-dealkylation sites (tertiary alicyclic amines) is 1. The van der Waals surface area contributed by atoms with Gasteiger partial charge in [0.1, 0.15) is 0 Å². The Balaban J connectivity index is 1.96. The number of carbonyl (C=O) groups is 1. The molecule has 0 unspecified atom stereocenters. The summed E-state index contributed by atoms with van der Waals surface area (Å²) in [7, 11) is 0. The molecule has 1 aliphatic heterocycles. The van der Waals surface area contributed by atoms with Crippen LogP contribution in [0.3, 0.4) is 0 Å². The van der Waals surface area contributed by atoms with Crippen molar-refractivity contribution < 1.29 is 22.4 Å². The third-order valence-electron chi connectivity index (χ3n) is 3.85. The van der Waals surface area contributed by atoms with Crippen molar-refractivity contribution >= 4 is 5.91 Å². The largest absolute Gasteiger partial charge is 0.335 e. The zero-order valence-corrected chi connectivity index (χ0v) is 9.93. The van der Waals surface area contributed by atoms with E-state index in [4.69, 9.17) is 0 Å². The van der Waals surface area contributed by atoms with Gasteiger partial charge in [0.15, 0.2) is 23.3 Å². The molecule has 2 aliphatic rings. The molecule has 1 saturated carbocycles. The highest BCUT2D eigenvalue weighted by Crippen LogP contribution is 2.43.